The van der Waals surface area contributed by atoms with Crippen LogP contribution in [0.25, 0.3) is 0 Å². The van der Waals surface area contributed by atoms with Crippen molar-refractivity contribution in [1.29, 1.82) is 0 Å². The van der Waals surface area contributed by atoms with Gasteiger partial charge in [0.05, 0.1) is 19.6 Å². The van der Waals surface area contributed by atoms with Crippen molar-refractivity contribution < 1.29 is 33.4 Å². The number of hydrogen-bond acceptors (Lipinski definition) is 5. The normalized spacial score (nSPS) is 15.5. The molecule has 9 nitrogen and oxygen atoms in total. The highest BCUT2D eigenvalue weighted by atomic mass is 19.1. The number of carboxylic acid groups (broad SMARTS) is 1. The summed E-state index contributed by atoms with van der Waals surface area (Å²) >= 11 is 0. The van der Waals surface area contributed by atoms with Crippen molar-refractivity contribution in [3.05, 3.63) is 101 Å². The molecule has 1 aliphatic rings. The van der Waals surface area contributed by atoms with Gasteiger partial charge in [0.15, 0.2) is 6.17 Å². The Labute approximate surface area is 224 Å². The zero-order chi connectivity index (χ0) is 28.1. The van der Waals surface area contributed by atoms with Gasteiger partial charge in [0.2, 0.25) is 0 Å². The lowest BCUT2D eigenvalue weighted by Gasteiger charge is -2.31. The van der Waals surface area contributed by atoms with Crippen LogP contribution in [0.1, 0.15) is 44.3 Å². The molecule has 1 fully saturated rings. The summed E-state index contributed by atoms with van der Waals surface area (Å²) in [6.45, 7) is 2.06. The van der Waals surface area contributed by atoms with Crippen LogP contribution in [0.4, 0.5) is 4.39 Å². The van der Waals surface area contributed by atoms with E-state index < -0.39 is 48.1 Å². The molecular formula is C29H28FN3O6. The topological polar surface area (TPSA) is 116 Å². The maximum absolute atomic E-state index is 13.7. The van der Waals surface area contributed by atoms with Gasteiger partial charge in [-0.15, -0.1) is 0 Å². The van der Waals surface area contributed by atoms with Gasteiger partial charge in [0, 0.05) is 24.2 Å². The van der Waals surface area contributed by atoms with Gasteiger partial charge in [-0.05, 0) is 61.0 Å². The maximum atomic E-state index is 13.7. The molecule has 1 aliphatic heterocycles. The van der Waals surface area contributed by atoms with Crippen molar-refractivity contribution in [2.75, 3.05) is 20.2 Å². The summed E-state index contributed by atoms with van der Waals surface area (Å²) in [5.41, 5.74) is 1.96. The van der Waals surface area contributed by atoms with Gasteiger partial charge in [-0.25, -0.2) is 4.39 Å². The lowest BCUT2D eigenvalue weighted by atomic mass is 10.0. The average Bonchev–Trinajstić information content (AvgIpc) is 3.38. The molecule has 202 valence electrons. The average molecular weight is 534 g/mol. The molecule has 10 heteroatoms. The molecule has 2 unspecified atom stereocenters. The highest BCUT2D eigenvalue weighted by Gasteiger charge is 2.43. The van der Waals surface area contributed by atoms with Crippen molar-refractivity contribution in [1.82, 2.24) is 15.1 Å². The molecule has 0 bridgehead atoms. The largest absolute Gasteiger partial charge is 0.497 e. The number of carbonyl (C=O) groups excluding carboxylic acids is 3. The van der Waals surface area contributed by atoms with Crippen LogP contribution >= 0.6 is 0 Å². The van der Waals surface area contributed by atoms with E-state index in [0.717, 1.165) is 5.56 Å². The van der Waals surface area contributed by atoms with Crippen LogP contribution in [0.15, 0.2) is 72.8 Å². The van der Waals surface area contributed by atoms with Gasteiger partial charge in [0.1, 0.15) is 11.6 Å². The molecule has 3 amide bonds. The number of methoxy groups -OCH3 is 1. The predicted molar refractivity (Wildman–Crippen MR) is 140 cm³/mol. The van der Waals surface area contributed by atoms with Crippen molar-refractivity contribution in [2.24, 2.45) is 0 Å². The fourth-order valence-corrected chi connectivity index (χ4v) is 4.47. The molecule has 0 spiro atoms. The summed E-state index contributed by atoms with van der Waals surface area (Å²) in [4.78, 5) is 54.9. The van der Waals surface area contributed by atoms with Crippen LogP contribution in [0, 0.1) is 12.7 Å². The number of benzene rings is 3. The summed E-state index contributed by atoms with van der Waals surface area (Å²) in [7, 11) is 1.50. The number of ether oxygens (including phenoxy) is 1. The Balaban J connectivity index is 1.67. The van der Waals surface area contributed by atoms with E-state index in [2.05, 4.69) is 5.32 Å². The molecule has 1 heterocycles. The summed E-state index contributed by atoms with van der Waals surface area (Å²) in [6.07, 6.45) is -1.83. The number of hydrogen-bond donors (Lipinski definition) is 2. The minimum atomic E-state index is -1.34. The Morgan fingerprint density at radius 2 is 1.41 bits per heavy atom. The molecule has 4 rings (SSSR count). The summed E-state index contributed by atoms with van der Waals surface area (Å²) in [5, 5.41) is 12.1. The van der Waals surface area contributed by atoms with Crippen molar-refractivity contribution in [2.45, 2.75) is 25.6 Å². The lowest BCUT2D eigenvalue weighted by molar-refractivity contribution is -0.138. The fraction of sp³-hybridized carbons (Fsp3) is 0.241. The molecule has 0 saturated carbocycles. The predicted octanol–water partition coefficient (Wildman–Crippen LogP) is 3.40. The van der Waals surface area contributed by atoms with Crippen molar-refractivity contribution >= 4 is 23.7 Å². The second-order valence-electron chi connectivity index (χ2n) is 9.18. The molecule has 39 heavy (non-hydrogen) atoms. The number of aryl methyl sites for hydroxylation is 1. The molecule has 0 aromatic heterocycles. The zero-order valence-corrected chi connectivity index (χ0v) is 21.5. The number of halogens is 1. The quantitative estimate of drug-likeness (QED) is 0.459. The van der Waals surface area contributed by atoms with Crippen LogP contribution < -0.4 is 10.1 Å². The number of nitrogens with zero attached hydrogens (tertiary/aromatic N) is 2. The Morgan fingerprint density at radius 1 is 0.897 bits per heavy atom. The van der Waals surface area contributed by atoms with Gasteiger partial charge >= 0.3 is 5.97 Å². The van der Waals surface area contributed by atoms with Crippen LogP contribution in [-0.4, -0.2) is 65.0 Å². The molecule has 1 saturated heterocycles. The van der Waals surface area contributed by atoms with E-state index in [4.69, 9.17) is 4.74 Å². The highest BCUT2D eigenvalue weighted by Crippen LogP contribution is 2.25. The third kappa shape index (κ3) is 6.23. The smallest absolute Gasteiger partial charge is 0.305 e. The summed E-state index contributed by atoms with van der Waals surface area (Å²) in [5.74, 6) is -2.80. The highest BCUT2D eigenvalue weighted by molar-refractivity contribution is 6.02. The maximum Gasteiger partial charge on any atom is 0.305 e. The monoisotopic (exact) mass is 533 g/mol. The number of amides is 3. The second-order valence-corrected chi connectivity index (χ2v) is 9.18. The molecule has 3 aromatic rings. The lowest BCUT2D eigenvalue weighted by Crippen LogP contribution is -2.54. The third-order valence-corrected chi connectivity index (χ3v) is 6.53. The molecule has 2 N–H and O–H groups in total. The van der Waals surface area contributed by atoms with Gasteiger partial charge < -0.3 is 25.0 Å². The van der Waals surface area contributed by atoms with E-state index in [1.165, 1.54) is 41.2 Å². The Bertz CT molecular complexity index is 1360. The van der Waals surface area contributed by atoms with E-state index in [9.17, 15) is 28.7 Å². The molecule has 2 atom stereocenters. The van der Waals surface area contributed by atoms with Gasteiger partial charge in [-0.2, -0.15) is 0 Å². The van der Waals surface area contributed by atoms with Crippen LogP contribution in [0.3, 0.4) is 0 Å². The number of rotatable bonds is 8. The first-order chi connectivity index (χ1) is 18.7. The van der Waals surface area contributed by atoms with E-state index in [-0.39, 0.29) is 13.1 Å². The summed E-state index contributed by atoms with van der Waals surface area (Å²) < 4.78 is 18.6. The van der Waals surface area contributed by atoms with Gasteiger partial charge in [-0.3, -0.25) is 19.2 Å². The SMILES string of the molecule is COc1ccc(C(=O)N2CCN(C(=O)c3ccc(C)cc3)C2C(=O)NC(CC(=O)O)c2ccc(F)cc2)cc1. The van der Waals surface area contributed by atoms with E-state index in [1.54, 1.807) is 48.5 Å². The van der Waals surface area contributed by atoms with Gasteiger partial charge in [0.25, 0.3) is 17.7 Å². The Morgan fingerprint density at radius 3 is 1.90 bits per heavy atom. The second kappa shape index (κ2) is 11.8. The van der Waals surface area contributed by atoms with Crippen molar-refractivity contribution in [3.8, 4) is 5.75 Å². The zero-order valence-electron chi connectivity index (χ0n) is 21.5. The fourth-order valence-electron chi connectivity index (χ4n) is 4.47. The molecule has 0 aliphatic carbocycles. The summed E-state index contributed by atoms with van der Waals surface area (Å²) in [6, 6.07) is 17.3. The molecule has 0 radical (unpaired) electrons. The van der Waals surface area contributed by atoms with Gasteiger partial charge in [-0.1, -0.05) is 29.8 Å². The number of carboxylic acids is 1. The minimum Gasteiger partial charge on any atom is -0.497 e. The van der Waals surface area contributed by atoms with Crippen molar-refractivity contribution in [3.63, 3.8) is 0 Å². The minimum absolute atomic E-state index is 0.0840. The first-order valence-electron chi connectivity index (χ1n) is 12.3. The van der Waals surface area contributed by atoms with E-state index >= 15 is 0 Å². The van der Waals surface area contributed by atoms with E-state index in [1.807, 2.05) is 6.92 Å². The van der Waals surface area contributed by atoms with Crippen LogP contribution in [0.5, 0.6) is 5.75 Å². The van der Waals surface area contributed by atoms with E-state index in [0.29, 0.717) is 22.4 Å². The number of aliphatic carboxylic acids is 1. The van der Waals surface area contributed by atoms with Crippen LogP contribution in [-0.2, 0) is 9.59 Å². The number of nitrogens with one attached hydrogen (secondary N) is 1. The Kier molecular flexibility index (Phi) is 8.24. The first kappa shape index (κ1) is 27.3. The number of carbonyl (C=O) groups is 4. The molecular weight excluding hydrogens is 505 g/mol. The Hall–Kier alpha value is -4.73. The standard InChI is InChI=1S/C29H28FN3O6/c1-18-3-5-20(6-4-18)28(37)32-15-16-33(29(38)21-9-13-23(39-2)14-10-21)27(32)26(36)31-24(17-25(34)35)19-7-11-22(30)12-8-19/h3-14,24,27H,15-17H2,1-2H3,(H,31,36)(H,34,35). The third-order valence-electron chi connectivity index (χ3n) is 6.53. The van der Waals surface area contributed by atoms with Crippen LogP contribution in [0.2, 0.25) is 0 Å². The molecule has 3 aromatic carbocycles. The first-order valence-corrected chi connectivity index (χ1v) is 12.3.